The Bertz CT molecular complexity index is 336. The van der Waals surface area contributed by atoms with Crippen LogP contribution in [0.4, 0.5) is 0 Å². The molecule has 0 aromatic heterocycles. The number of nitrogens with two attached hydrogens (primary N) is 1. The van der Waals surface area contributed by atoms with Crippen molar-refractivity contribution in [1.82, 2.24) is 4.90 Å². The molecule has 0 saturated carbocycles. The summed E-state index contributed by atoms with van der Waals surface area (Å²) < 4.78 is 0. The highest BCUT2D eigenvalue weighted by Crippen LogP contribution is 2.27. The summed E-state index contributed by atoms with van der Waals surface area (Å²) in [5.74, 6) is 0. The molecule has 1 aromatic rings. The lowest BCUT2D eigenvalue weighted by molar-refractivity contribution is 0.186. The van der Waals surface area contributed by atoms with Crippen LogP contribution in [0.3, 0.4) is 0 Å². The van der Waals surface area contributed by atoms with Gasteiger partial charge in [-0.3, -0.25) is 4.90 Å². The number of rotatable bonds is 4. The number of nitrogens with zero attached hydrogens (tertiary/aromatic N) is 1. The monoisotopic (exact) mass is 232 g/mol. The van der Waals surface area contributed by atoms with Crippen molar-refractivity contribution in [2.75, 3.05) is 6.54 Å². The molecule has 0 spiro atoms. The van der Waals surface area contributed by atoms with Gasteiger partial charge in [0, 0.05) is 24.7 Å². The second kappa shape index (κ2) is 5.65. The summed E-state index contributed by atoms with van der Waals surface area (Å²) in [5.41, 5.74) is 7.56. The van der Waals surface area contributed by atoms with Crippen LogP contribution in [0.5, 0.6) is 0 Å². The van der Waals surface area contributed by atoms with Gasteiger partial charge in [0.1, 0.15) is 0 Å². The molecule has 2 nitrogen and oxygen atoms in total. The first-order valence-electron chi connectivity index (χ1n) is 6.78. The Morgan fingerprint density at radius 2 is 2.00 bits per heavy atom. The van der Waals surface area contributed by atoms with Gasteiger partial charge in [0.15, 0.2) is 0 Å². The molecule has 0 bridgehead atoms. The molecule has 2 N–H and O–H groups in total. The van der Waals surface area contributed by atoms with Crippen molar-refractivity contribution in [2.45, 2.75) is 51.2 Å². The molecule has 1 fully saturated rings. The summed E-state index contributed by atoms with van der Waals surface area (Å²) in [6.07, 6.45) is 3.89. The Morgan fingerprint density at radius 3 is 2.65 bits per heavy atom. The van der Waals surface area contributed by atoms with Gasteiger partial charge in [-0.25, -0.2) is 0 Å². The van der Waals surface area contributed by atoms with Gasteiger partial charge in [-0.05, 0) is 31.7 Å². The van der Waals surface area contributed by atoms with Crippen LogP contribution >= 0.6 is 0 Å². The molecule has 2 rings (SSSR count). The van der Waals surface area contributed by atoms with E-state index < -0.39 is 0 Å². The minimum Gasteiger partial charge on any atom is -0.323 e. The van der Waals surface area contributed by atoms with E-state index in [1.807, 2.05) is 6.07 Å². The Balaban J connectivity index is 2.00. The Kier molecular flexibility index (Phi) is 4.19. The van der Waals surface area contributed by atoms with Crippen LogP contribution in [0.2, 0.25) is 0 Å². The van der Waals surface area contributed by atoms with Crippen molar-refractivity contribution in [3.05, 3.63) is 35.9 Å². The topological polar surface area (TPSA) is 29.3 Å². The first kappa shape index (κ1) is 12.6. The van der Waals surface area contributed by atoms with Crippen LogP contribution < -0.4 is 5.73 Å². The molecule has 94 valence electrons. The van der Waals surface area contributed by atoms with Crippen LogP contribution in [-0.2, 0) is 0 Å². The number of benzene rings is 1. The second-order valence-electron chi connectivity index (χ2n) is 5.20. The van der Waals surface area contributed by atoms with Gasteiger partial charge in [0.05, 0.1) is 0 Å². The fourth-order valence-corrected chi connectivity index (χ4v) is 2.93. The molecule has 1 aliphatic rings. The van der Waals surface area contributed by atoms with Gasteiger partial charge in [0.2, 0.25) is 0 Å². The van der Waals surface area contributed by atoms with Gasteiger partial charge in [-0.2, -0.15) is 0 Å². The zero-order valence-electron chi connectivity index (χ0n) is 11.0. The van der Waals surface area contributed by atoms with Crippen molar-refractivity contribution >= 4 is 0 Å². The van der Waals surface area contributed by atoms with Gasteiger partial charge >= 0.3 is 0 Å². The SMILES string of the molecule is CCC1CCC(C)N1CC(N)c1ccccc1. The lowest BCUT2D eigenvalue weighted by atomic mass is 10.1. The smallest absolute Gasteiger partial charge is 0.0424 e. The zero-order chi connectivity index (χ0) is 12.3. The molecule has 0 amide bonds. The molecule has 1 aliphatic heterocycles. The van der Waals surface area contributed by atoms with E-state index in [-0.39, 0.29) is 6.04 Å². The van der Waals surface area contributed by atoms with E-state index in [9.17, 15) is 0 Å². The molecule has 0 aliphatic carbocycles. The molecule has 0 radical (unpaired) electrons. The minimum absolute atomic E-state index is 0.144. The molecule has 17 heavy (non-hydrogen) atoms. The molecule has 2 heteroatoms. The molecule has 1 aromatic carbocycles. The van der Waals surface area contributed by atoms with E-state index >= 15 is 0 Å². The fraction of sp³-hybridized carbons (Fsp3) is 0.600. The zero-order valence-corrected chi connectivity index (χ0v) is 11.0. The van der Waals surface area contributed by atoms with Crippen LogP contribution in [0.25, 0.3) is 0 Å². The fourth-order valence-electron chi connectivity index (χ4n) is 2.93. The van der Waals surface area contributed by atoms with Gasteiger partial charge in [-0.15, -0.1) is 0 Å². The lowest BCUT2D eigenvalue weighted by Crippen LogP contribution is -2.39. The number of likely N-dealkylation sites (tertiary alicyclic amines) is 1. The highest BCUT2D eigenvalue weighted by Gasteiger charge is 2.30. The van der Waals surface area contributed by atoms with Gasteiger partial charge in [-0.1, -0.05) is 37.3 Å². The summed E-state index contributed by atoms with van der Waals surface area (Å²) in [6.45, 7) is 5.60. The summed E-state index contributed by atoms with van der Waals surface area (Å²) in [6, 6.07) is 12.0. The third kappa shape index (κ3) is 2.88. The molecule has 3 unspecified atom stereocenters. The second-order valence-corrected chi connectivity index (χ2v) is 5.20. The van der Waals surface area contributed by atoms with Crippen molar-refractivity contribution in [3.63, 3.8) is 0 Å². The van der Waals surface area contributed by atoms with Crippen LogP contribution in [-0.4, -0.2) is 23.5 Å². The van der Waals surface area contributed by atoms with Crippen LogP contribution in [0.1, 0.15) is 44.7 Å². The van der Waals surface area contributed by atoms with E-state index in [1.54, 1.807) is 0 Å². The van der Waals surface area contributed by atoms with Crippen molar-refractivity contribution in [2.24, 2.45) is 5.73 Å². The predicted molar refractivity (Wildman–Crippen MR) is 72.9 cm³/mol. The minimum atomic E-state index is 0.144. The first-order valence-corrected chi connectivity index (χ1v) is 6.78. The van der Waals surface area contributed by atoms with Crippen molar-refractivity contribution < 1.29 is 0 Å². The quantitative estimate of drug-likeness (QED) is 0.865. The summed E-state index contributed by atoms with van der Waals surface area (Å²) in [7, 11) is 0. The molecule has 1 saturated heterocycles. The van der Waals surface area contributed by atoms with E-state index in [4.69, 9.17) is 5.73 Å². The molecule has 1 heterocycles. The average molecular weight is 232 g/mol. The lowest BCUT2D eigenvalue weighted by Gasteiger charge is -2.30. The Labute approximate surface area is 105 Å². The summed E-state index contributed by atoms with van der Waals surface area (Å²) in [5, 5.41) is 0. The number of hydrogen-bond acceptors (Lipinski definition) is 2. The van der Waals surface area contributed by atoms with E-state index in [2.05, 4.69) is 43.0 Å². The Morgan fingerprint density at radius 1 is 1.29 bits per heavy atom. The maximum absolute atomic E-state index is 6.31. The number of hydrogen-bond donors (Lipinski definition) is 1. The summed E-state index contributed by atoms with van der Waals surface area (Å²) in [4.78, 5) is 2.59. The Hall–Kier alpha value is -0.860. The third-order valence-electron chi connectivity index (χ3n) is 4.06. The maximum Gasteiger partial charge on any atom is 0.0424 e. The predicted octanol–water partition coefficient (Wildman–Crippen LogP) is 2.95. The van der Waals surface area contributed by atoms with Crippen molar-refractivity contribution in [3.8, 4) is 0 Å². The first-order chi connectivity index (χ1) is 8.22. The van der Waals surface area contributed by atoms with Crippen LogP contribution in [0, 0.1) is 0 Å². The molecular weight excluding hydrogens is 208 g/mol. The molecular formula is C15H24N2. The average Bonchev–Trinajstić information content (AvgIpc) is 2.71. The standard InChI is InChI=1S/C15H24N2/c1-3-14-10-9-12(2)17(14)11-15(16)13-7-5-4-6-8-13/h4-8,12,14-15H,3,9-11,16H2,1-2H3. The van der Waals surface area contributed by atoms with Crippen LogP contribution in [0.15, 0.2) is 30.3 Å². The van der Waals surface area contributed by atoms with E-state index in [1.165, 1.54) is 24.8 Å². The van der Waals surface area contributed by atoms with E-state index in [0.717, 1.165) is 12.6 Å². The van der Waals surface area contributed by atoms with Gasteiger partial charge < -0.3 is 5.73 Å². The molecule has 3 atom stereocenters. The third-order valence-corrected chi connectivity index (χ3v) is 4.06. The highest BCUT2D eigenvalue weighted by atomic mass is 15.2. The van der Waals surface area contributed by atoms with E-state index in [0.29, 0.717) is 6.04 Å². The normalized spacial score (nSPS) is 27.2. The maximum atomic E-state index is 6.31. The largest absolute Gasteiger partial charge is 0.323 e. The summed E-state index contributed by atoms with van der Waals surface area (Å²) >= 11 is 0. The van der Waals surface area contributed by atoms with Gasteiger partial charge in [0.25, 0.3) is 0 Å². The van der Waals surface area contributed by atoms with Crippen molar-refractivity contribution in [1.29, 1.82) is 0 Å². The highest BCUT2D eigenvalue weighted by molar-refractivity contribution is 5.18.